The van der Waals surface area contributed by atoms with E-state index in [9.17, 15) is 8.42 Å². The monoisotopic (exact) mass is 317 g/mol. The van der Waals surface area contributed by atoms with Crippen LogP contribution in [0.4, 0.5) is 5.69 Å². The fourth-order valence-electron chi connectivity index (χ4n) is 2.57. The van der Waals surface area contributed by atoms with Gasteiger partial charge in [-0.05, 0) is 49.2 Å². The normalized spacial score (nSPS) is 15.2. The lowest BCUT2D eigenvalue weighted by atomic mass is 10.3. The molecule has 0 bridgehead atoms. The van der Waals surface area contributed by atoms with Crippen LogP contribution in [0, 0.1) is 0 Å². The highest BCUT2D eigenvalue weighted by atomic mass is 32.2. The highest BCUT2D eigenvalue weighted by molar-refractivity contribution is 7.89. The van der Waals surface area contributed by atoms with E-state index in [4.69, 9.17) is 0 Å². The molecule has 3 rings (SSSR count). The van der Waals surface area contributed by atoms with Gasteiger partial charge in [0, 0.05) is 25.0 Å². The summed E-state index contributed by atoms with van der Waals surface area (Å²) in [5.74, 6) is 0. The van der Waals surface area contributed by atoms with Crippen molar-refractivity contribution >= 4 is 15.7 Å². The topological polar surface area (TPSA) is 62.3 Å². The maximum absolute atomic E-state index is 12.3. The van der Waals surface area contributed by atoms with Crippen LogP contribution in [0.25, 0.3) is 0 Å². The van der Waals surface area contributed by atoms with Gasteiger partial charge < -0.3 is 4.90 Å². The molecule has 1 aliphatic rings. The number of benzene rings is 1. The molecule has 6 heteroatoms. The number of hydrogen-bond acceptors (Lipinski definition) is 4. The third-order valence-corrected chi connectivity index (χ3v) is 5.20. The van der Waals surface area contributed by atoms with Gasteiger partial charge in [0.05, 0.1) is 17.1 Å². The number of rotatable bonds is 5. The molecule has 2 aromatic rings. The van der Waals surface area contributed by atoms with E-state index in [1.54, 1.807) is 30.5 Å². The minimum atomic E-state index is -3.51. The maximum atomic E-state index is 12.3. The van der Waals surface area contributed by atoms with Crippen molar-refractivity contribution in [2.45, 2.75) is 24.3 Å². The number of aromatic nitrogens is 1. The molecule has 1 N–H and O–H groups in total. The molecule has 5 nitrogen and oxygen atoms in total. The highest BCUT2D eigenvalue weighted by Crippen LogP contribution is 2.21. The number of nitrogens with one attached hydrogen (secondary N) is 1. The second-order valence-corrected chi connectivity index (χ2v) is 7.10. The second-order valence-electron chi connectivity index (χ2n) is 5.33. The van der Waals surface area contributed by atoms with E-state index in [0.717, 1.165) is 18.8 Å². The van der Waals surface area contributed by atoms with Crippen LogP contribution in [-0.4, -0.2) is 26.5 Å². The molecule has 1 aromatic heterocycles. The largest absolute Gasteiger partial charge is 0.372 e. The van der Waals surface area contributed by atoms with Crippen LogP contribution >= 0.6 is 0 Å². The molecule has 116 valence electrons. The molecule has 1 saturated heterocycles. The minimum Gasteiger partial charge on any atom is -0.372 e. The van der Waals surface area contributed by atoms with E-state index in [0.29, 0.717) is 5.69 Å². The van der Waals surface area contributed by atoms with E-state index in [1.165, 1.54) is 12.8 Å². The average Bonchev–Trinajstić information content (AvgIpc) is 3.09. The molecular weight excluding hydrogens is 298 g/mol. The number of pyridine rings is 1. The van der Waals surface area contributed by atoms with Crippen molar-refractivity contribution < 1.29 is 8.42 Å². The Morgan fingerprint density at radius 3 is 2.41 bits per heavy atom. The van der Waals surface area contributed by atoms with Gasteiger partial charge in [-0.2, -0.15) is 0 Å². The van der Waals surface area contributed by atoms with Crippen molar-refractivity contribution in [2.75, 3.05) is 18.0 Å². The first-order chi connectivity index (χ1) is 10.6. The van der Waals surface area contributed by atoms with E-state index < -0.39 is 10.0 Å². The molecule has 2 heterocycles. The number of anilines is 1. The summed E-state index contributed by atoms with van der Waals surface area (Å²) in [6.45, 7) is 2.28. The first kappa shape index (κ1) is 15.0. The van der Waals surface area contributed by atoms with Crippen LogP contribution in [0.5, 0.6) is 0 Å². The molecule has 0 saturated carbocycles. The van der Waals surface area contributed by atoms with E-state index in [1.807, 2.05) is 18.2 Å². The predicted octanol–water partition coefficient (Wildman–Crippen LogP) is 2.16. The van der Waals surface area contributed by atoms with Gasteiger partial charge in [0.2, 0.25) is 10.0 Å². The lowest BCUT2D eigenvalue weighted by Crippen LogP contribution is -2.24. The standard InChI is InChI=1S/C16H19N3O2S/c20-22(21,18-13-14-5-1-2-10-17-14)16-8-6-15(7-9-16)19-11-3-4-12-19/h1-2,5-10,18H,3-4,11-13H2. The fourth-order valence-corrected chi connectivity index (χ4v) is 3.57. The maximum Gasteiger partial charge on any atom is 0.240 e. The summed E-state index contributed by atoms with van der Waals surface area (Å²) in [5, 5.41) is 0. The Balaban J connectivity index is 1.69. The van der Waals surface area contributed by atoms with Crippen LogP contribution in [0.15, 0.2) is 53.6 Å². The van der Waals surface area contributed by atoms with Gasteiger partial charge in [-0.15, -0.1) is 0 Å². The Labute approximate surface area is 131 Å². The average molecular weight is 317 g/mol. The number of hydrogen-bond donors (Lipinski definition) is 1. The Morgan fingerprint density at radius 2 is 1.77 bits per heavy atom. The SMILES string of the molecule is O=S(=O)(NCc1ccccn1)c1ccc(N2CCCC2)cc1. The third-order valence-electron chi connectivity index (χ3n) is 3.79. The van der Waals surface area contributed by atoms with Crippen LogP contribution in [0.3, 0.4) is 0 Å². The number of sulfonamides is 1. The summed E-state index contributed by atoms with van der Waals surface area (Å²) in [4.78, 5) is 6.67. The lowest BCUT2D eigenvalue weighted by molar-refractivity contribution is 0.580. The molecule has 0 unspecified atom stereocenters. The third kappa shape index (κ3) is 3.45. The highest BCUT2D eigenvalue weighted by Gasteiger charge is 2.16. The summed E-state index contributed by atoms with van der Waals surface area (Å²) in [6, 6.07) is 12.5. The summed E-state index contributed by atoms with van der Waals surface area (Å²) in [6.07, 6.45) is 4.05. The molecule has 1 aliphatic heterocycles. The Hall–Kier alpha value is -1.92. The summed E-state index contributed by atoms with van der Waals surface area (Å²) >= 11 is 0. The quantitative estimate of drug-likeness (QED) is 0.918. The van der Waals surface area contributed by atoms with Crippen molar-refractivity contribution in [2.24, 2.45) is 0 Å². The molecule has 22 heavy (non-hydrogen) atoms. The summed E-state index contributed by atoms with van der Waals surface area (Å²) < 4.78 is 27.1. The summed E-state index contributed by atoms with van der Waals surface area (Å²) in [5.41, 5.74) is 1.78. The summed E-state index contributed by atoms with van der Waals surface area (Å²) in [7, 11) is -3.51. The van der Waals surface area contributed by atoms with E-state index in [2.05, 4.69) is 14.6 Å². The van der Waals surface area contributed by atoms with E-state index in [-0.39, 0.29) is 11.4 Å². The minimum absolute atomic E-state index is 0.192. The first-order valence-corrected chi connectivity index (χ1v) is 8.88. The van der Waals surface area contributed by atoms with Crippen molar-refractivity contribution in [3.05, 3.63) is 54.4 Å². The van der Waals surface area contributed by atoms with Gasteiger partial charge in [-0.25, -0.2) is 13.1 Å². The zero-order valence-corrected chi connectivity index (χ0v) is 13.1. The zero-order valence-electron chi connectivity index (χ0n) is 12.3. The fraction of sp³-hybridized carbons (Fsp3) is 0.312. The van der Waals surface area contributed by atoms with Gasteiger partial charge in [-0.3, -0.25) is 4.98 Å². The molecule has 0 amide bonds. The molecular formula is C16H19N3O2S. The molecule has 0 spiro atoms. The van der Waals surface area contributed by atoms with Crippen LogP contribution < -0.4 is 9.62 Å². The second kappa shape index (κ2) is 6.46. The zero-order chi connectivity index (χ0) is 15.4. The van der Waals surface area contributed by atoms with Gasteiger partial charge in [-0.1, -0.05) is 6.07 Å². The number of nitrogens with zero attached hydrogens (tertiary/aromatic N) is 2. The van der Waals surface area contributed by atoms with Crippen molar-refractivity contribution in [3.8, 4) is 0 Å². The van der Waals surface area contributed by atoms with Crippen LogP contribution in [0.2, 0.25) is 0 Å². The van der Waals surface area contributed by atoms with Gasteiger partial charge >= 0.3 is 0 Å². The van der Waals surface area contributed by atoms with Crippen LogP contribution in [-0.2, 0) is 16.6 Å². The Morgan fingerprint density at radius 1 is 1.05 bits per heavy atom. The van der Waals surface area contributed by atoms with Gasteiger partial charge in [0.15, 0.2) is 0 Å². The van der Waals surface area contributed by atoms with Crippen molar-refractivity contribution in [1.29, 1.82) is 0 Å². The molecule has 0 radical (unpaired) electrons. The Bertz CT molecular complexity index is 709. The van der Waals surface area contributed by atoms with E-state index >= 15 is 0 Å². The first-order valence-electron chi connectivity index (χ1n) is 7.40. The van der Waals surface area contributed by atoms with Gasteiger partial charge in [0.25, 0.3) is 0 Å². The van der Waals surface area contributed by atoms with Crippen LogP contribution in [0.1, 0.15) is 18.5 Å². The van der Waals surface area contributed by atoms with Crippen molar-refractivity contribution in [1.82, 2.24) is 9.71 Å². The molecule has 1 fully saturated rings. The smallest absolute Gasteiger partial charge is 0.240 e. The molecule has 1 aromatic carbocycles. The van der Waals surface area contributed by atoms with Gasteiger partial charge in [0.1, 0.15) is 0 Å². The lowest BCUT2D eigenvalue weighted by Gasteiger charge is -2.17. The Kier molecular flexibility index (Phi) is 4.40. The van der Waals surface area contributed by atoms with Crippen molar-refractivity contribution in [3.63, 3.8) is 0 Å². The molecule has 0 aliphatic carbocycles. The predicted molar refractivity (Wildman–Crippen MR) is 86.2 cm³/mol. The molecule has 0 atom stereocenters.